The van der Waals surface area contributed by atoms with Crippen LogP contribution in [0.15, 0.2) is 42.5 Å². The lowest BCUT2D eigenvalue weighted by atomic mass is 10.0. The average Bonchev–Trinajstić information content (AvgIpc) is 3.27. The van der Waals surface area contributed by atoms with Crippen LogP contribution >= 0.6 is 0 Å². The van der Waals surface area contributed by atoms with Gasteiger partial charge in [0.25, 0.3) is 5.91 Å². The first-order valence-corrected chi connectivity index (χ1v) is 15.7. The van der Waals surface area contributed by atoms with Crippen LogP contribution in [0.3, 0.4) is 0 Å². The van der Waals surface area contributed by atoms with E-state index >= 15 is 0 Å². The molecule has 3 heterocycles. The number of amides is 3. The number of hydrogen-bond donors (Lipinski definition) is 2. The number of benzene rings is 2. The number of nitrogens with one attached hydrogen (secondary N) is 2. The van der Waals surface area contributed by atoms with Crippen LogP contribution in [0.2, 0.25) is 0 Å². The van der Waals surface area contributed by atoms with Gasteiger partial charge in [0.1, 0.15) is 30.6 Å². The number of ether oxygens (including phenoxy) is 3. The highest BCUT2D eigenvalue weighted by Crippen LogP contribution is 2.29. The minimum absolute atomic E-state index is 0.00822. The highest BCUT2D eigenvalue weighted by Gasteiger charge is 2.28. The maximum atomic E-state index is 13.7. The standard InChI is InChI=1S/C33H43N7O6/c1-22(2)31-32-35-23(3)37-40(32)15-17-46-28-18-24(10-11-27(28)44-4)33(43)34-12-7-13-39(20-29(41)36-31)30(42)21-38-14-16-45-26-9-6-5-8-25(26)19-38/h5-6,8-11,18,22,31H,7,12-17,19-21H2,1-4H3,(H,34,43)(H,36,41)/t31-/m0/s1. The molecule has 0 saturated carbocycles. The molecule has 46 heavy (non-hydrogen) atoms. The van der Waals surface area contributed by atoms with Gasteiger partial charge < -0.3 is 29.7 Å². The van der Waals surface area contributed by atoms with Crippen molar-refractivity contribution in [3.8, 4) is 17.2 Å². The summed E-state index contributed by atoms with van der Waals surface area (Å²) < 4.78 is 19.1. The summed E-state index contributed by atoms with van der Waals surface area (Å²) in [7, 11) is 1.54. The molecule has 1 aromatic heterocycles. The number of aromatic nitrogens is 3. The lowest BCUT2D eigenvalue weighted by Crippen LogP contribution is -2.47. The third-order valence-corrected chi connectivity index (χ3v) is 8.02. The van der Waals surface area contributed by atoms with Crippen LogP contribution in [0.25, 0.3) is 0 Å². The van der Waals surface area contributed by atoms with Crippen molar-refractivity contribution in [1.82, 2.24) is 35.2 Å². The normalized spacial score (nSPS) is 18.5. The van der Waals surface area contributed by atoms with Crippen LogP contribution in [0.5, 0.6) is 17.2 Å². The summed E-state index contributed by atoms with van der Waals surface area (Å²) in [6, 6.07) is 12.4. The Morgan fingerprint density at radius 1 is 1.04 bits per heavy atom. The SMILES string of the molecule is COc1ccc2cc1OCCn1nc(C)nc1[C@H](C(C)C)NC(=O)CN(C(=O)CN1CCOc3ccccc3C1)CCCNC2=O. The maximum Gasteiger partial charge on any atom is 0.251 e. The summed E-state index contributed by atoms with van der Waals surface area (Å²) in [6.45, 7) is 8.59. The molecule has 2 N–H and O–H groups in total. The van der Waals surface area contributed by atoms with Gasteiger partial charge >= 0.3 is 0 Å². The van der Waals surface area contributed by atoms with E-state index in [2.05, 4.69) is 20.7 Å². The smallest absolute Gasteiger partial charge is 0.251 e. The van der Waals surface area contributed by atoms with E-state index in [9.17, 15) is 14.4 Å². The lowest BCUT2D eigenvalue weighted by molar-refractivity contribution is -0.137. The molecular formula is C33H43N7O6. The van der Waals surface area contributed by atoms with Gasteiger partial charge in [0.15, 0.2) is 11.5 Å². The maximum absolute atomic E-state index is 13.7. The Morgan fingerprint density at radius 3 is 2.63 bits per heavy atom. The Bertz CT molecular complexity index is 1540. The average molecular weight is 634 g/mol. The molecule has 246 valence electrons. The number of nitrogens with zero attached hydrogens (tertiary/aromatic N) is 5. The first kappa shape index (κ1) is 32.7. The third-order valence-electron chi connectivity index (χ3n) is 8.02. The van der Waals surface area contributed by atoms with Gasteiger partial charge in [-0.3, -0.25) is 19.3 Å². The second-order valence-corrected chi connectivity index (χ2v) is 11.8. The van der Waals surface area contributed by atoms with Crippen molar-refractivity contribution in [3.05, 3.63) is 65.2 Å². The molecule has 2 aromatic carbocycles. The molecule has 2 bridgehead atoms. The largest absolute Gasteiger partial charge is 0.493 e. The van der Waals surface area contributed by atoms with Gasteiger partial charge in [-0.25, -0.2) is 9.67 Å². The first-order chi connectivity index (χ1) is 22.2. The highest BCUT2D eigenvalue weighted by atomic mass is 16.5. The van der Waals surface area contributed by atoms with Gasteiger partial charge in [0.2, 0.25) is 11.8 Å². The van der Waals surface area contributed by atoms with Crippen molar-refractivity contribution in [3.63, 3.8) is 0 Å². The van der Waals surface area contributed by atoms with Gasteiger partial charge in [-0.1, -0.05) is 32.0 Å². The van der Waals surface area contributed by atoms with Crippen LogP contribution in [0.1, 0.15) is 53.9 Å². The summed E-state index contributed by atoms with van der Waals surface area (Å²) in [6.07, 6.45) is 0.456. The Hall–Kier alpha value is -4.65. The topological polar surface area (TPSA) is 140 Å². The van der Waals surface area contributed by atoms with Crippen LogP contribution in [0.4, 0.5) is 0 Å². The van der Waals surface area contributed by atoms with Crippen LogP contribution in [0, 0.1) is 12.8 Å². The highest BCUT2D eigenvalue weighted by molar-refractivity contribution is 5.94. The monoisotopic (exact) mass is 633 g/mol. The fourth-order valence-electron chi connectivity index (χ4n) is 5.63. The zero-order chi connectivity index (χ0) is 32.6. The summed E-state index contributed by atoms with van der Waals surface area (Å²) in [5, 5.41) is 10.6. The van der Waals surface area contributed by atoms with Crippen molar-refractivity contribution >= 4 is 17.7 Å². The molecule has 2 aliphatic rings. The molecule has 0 aliphatic carbocycles. The Morgan fingerprint density at radius 2 is 1.83 bits per heavy atom. The van der Waals surface area contributed by atoms with Crippen molar-refractivity contribution in [2.24, 2.45) is 5.92 Å². The van der Waals surface area contributed by atoms with E-state index in [1.54, 1.807) is 41.8 Å². The predicted molar refractivity (Wildman–Crippen MR) is 170 cm³/mol. The summed E-state index contributed by atoms with van der Waals surface area (Å²) in [5.74, 6) is 2.17. The summed E-state index contributed by atoms with van der Waals surface area (Å²) in [5.41, 5.74) is 1.43. The fourth-order valence-corrected chi connectivity index (χ4v) is 5.63. The van der Waals surface area contributed by atoms with E-state index in [4.69, 9.17) is 14.2 Å². The number of carbonyl (C=O) groups is 3. The number of methoxy groups -OCH3 is 1. The fraction of sp³-hybridized carbons (Fsp3) is 0.485. The van der Waals surface area contributed by atoms with E-state index < -0.39 is 6.04 Å². The first-order valence-electron chi connectivity index (χ1n) is 15.7. The van der Waals surface area contributed by atoms with Crippen LogP contribution in [-0.4, -0.2) is 95.3 Å². The molecule has 3 amide bonds. The summed E-state index contributed by atoms with van der Waals surface area (Å²) in [4.78, 5) is 48.6. The van der Waals surface area contributed by atoms with Gasteiger partial charge in [-0.2, -0.15) is 5.10 Å². The van der Waals surface area contributed by atoms with E-state index in [1.165, 1.54) is 0 Å². The van der Waals surface area contributed by atoms with E-state index in [0.717, 1.165) is 11.3 Å². The minimum Gasteiger partial charge on any atom is -0.493 e. The zero-order valence-corrected chi connectivity index (χ0v) is 27.0. The molecule has 5 rings (SSSR count). The minimum atomic E-state index is -0.444. The number of fused-ring (bicyclic) bond motifs is 4. The molecule has 0 saturated heterocycles. The van der Waals surface area contributed by atoms with Crippen molar-refractivity contribution < 1.29 is 28.6 Å². The van der Waals surface area contributed by atoms with E-state index in [1.807, 2.05) is 43.0 Å². The van der Waals surface area contributed by atoms with Crippen LogP contribution < -0.4 is 24.8 Å². The van der Waals surface area contributed by atoms with Crippen molar-refractivity contribution in [1.29, 1.82) is 0 Å². The second-order valence-electron chi connectivity index (χ2n) is 11.8. The number of aryl methyl sites for hydroxylation is 1. The molecule has 2 aliphatic heterocycles. The van der Waals surface area contributed by atoms with E-state index in [0.29, 0.717) is 67.9 Å². The number of carbonyl (C=O) groups excluding carboxylic acids is 3. The van der Waals surface area contributed by atoms with Gasteiger partial charge in [0, 0.05) is 37.3 Å². The third kappa shape index (κ3) is 8.13. The molecular weight excluding hydrogens is 590 g/mol. The Kier molecular flexibility index (Phi) is 10.7. The Balaban J connectivity index is 1.38. The lowest BCUT2D eigenvalue weighted by Gasteiger charge is -2.28. The Labute approximate surface area is 269 Å². The van der Waals surface area contributed by atoms with Crippen LogP contribution in [-0.2, 0) is 22.7 Å². The van der Waals surface area contributed by atoms with Gasteiger partial charge in [-0.05, 0) is 43.5 Å². The van der Waals surface area contributed by atoms with Gasteiger partial charge in [-0.15, -0.1) is 0 Å². The molecule has 0 fully saturated rings. The predicted octanol–water partition coefficient (Wildman–Crippen LogP) is 2.34. The summed E-state index contributed by atoms with van der Waals surface area (Å²) >= 11 is 0. The molecule has 0 unspecified atom stereocenters. The molecule has 3 aromatic rings. The second kappa shape index (κ2) is 15.1. The number of rotatable bonds is 4. The molecule has 0 spiro atoms. The van der Waals surface area contributed by atoms with E-state index in [-0.39, 0.29) is 49.9 Å². The van der Waals surface area contributed by atoms with Gasteiger partial charge in [0.05, 0.1) is 32.8 Å². The van der Waals surface area contributed by atoms with Crippen molar-refractivity contribution in [2.75, 3.05) is 53.0 Å². The quantitative estimate of drug-likeness (QED) is 0.443. The molecule has 13 nitrogen and oxygen atoms in total. The molecule has 0 radical (unpaired) electrons. The molecule has 1 atom stereocenters. The zero-order valence-electron chi connectivity index (χ0n) is 27.0. The number of para-hydroxylation sites is 1. The number of hydrogen-bond acceptors (Lipinski definition) is 9. The van der Waals surface area contributed by atoms with Crippen molar-refractivity contribution in [2.45, 2.75) is 46.3 Å². The molecule has 13 heteroatoms.